The fourth-order valence-electron chi connectivity index (χ4n) is 5.23. The van der Waals surface area contributed by atoms with Crippen LogP contribution in [0.25, 0.3) is 0 Å². The van der Waals surface area contributed by atoms with Gasteiger partial charge < -0.3 is 19.5 Å². The molecule has 3 aliphatic rings. The third-order valence-corrected chi connectivity index (χ3v) is 7.52. The third-order valence-electron chi connectivity index (χ3n) is 7.29. The molecule has 1 spiro atoms. The van der Waals surface area contributed by atoms with Crippen LogP contribution in [-0.4, -0.2) is 59.0 Å². The number of ether oxygens (including phenoxy) is 2. The molecule has 3 atom stereocenters. The molecule has 0 aliphatic carbocycles. The first kappa shape index (κ1) is 21.1. The summed E-state index contributed by atoms with van der Waals surface area (Å²) in [6.07, 6.45) is 3.97. The number of halogens is 1. The number of carbonyl (C=O) groups excluding carboxylic acids is 1. The number of carbonyl (C=O) groups is 1. The van der Waals surface area contributed by atoms with E-state index in [0.29, 0.717) is 10.6 Å². The molecule has 5 nitrogen and oxygen atoms in total. The lowest BCUT2D eigenvalue weighted by Gasteiger charge is -2.48. The molecule has 3 aliphatic heterocycles. The highest BCUT2D eigenvalue weighted by molar-refractivity contribution is 6.30. The summed E-state index contributed by atoms with van der Waals surface area (Å²) in [6.45, 7) is 8.24. The van der Waals surface area contributed by atoms with Crippen molar-refractivity contribution in [3.8, 4) is 0 Å². The Bertz CT molecular complexity index is 774. The Morgan fingerprint density at radius 1 is 1.21 bits per heavy atom. The molecule has 0 bridgehead atoms. The van der Waals surface area contributed by atoms with E-state index in [0.717, 1.165) is 51.8 Å². The molecule has 0 aromatic heterocycles. The second kappa shape index (κ2) is 7.52. The maximum Gasteiger partial charge on any atom is 0.253 e. The Hall–Kier alpha value is -1.14. The van der Waals surface area contributed by atoms with Crippen molar-refractivity contribution in [2.24, 2.45) is 5.41 Å². The molecule has 0 saturated carbocycles. The van der Waals surface area contributed by atoms with Crippen molar-refractivity contribution in [1.29, 1.82) is 0 Å². The van der Waals surface area contributed by atoms with Crippen molar-refractivity contribution in [2.45, 2.75) is 76.3 Å². The van der Waals surface area contributed by atoms with Crippen LogP contribution >= 0.6 is 11.6 Å². The molecule has 29 heavy (non-hydrogen) atoms. The average Bonchev–Trinajstić information content (AvgIpc) is 3.09. The van der Waals surface area contributed by atoms with Gasteiger partial charge in [-0.15, -0.1) is 0 Å². The lowest BCUT2D eigenvalue weighted by molar-refractivity contribution is -0.245. The van der Waals surface area contributed by atoms with Gasteiger partial charge in [-0.2, -0.15) is 0 Å². The van der Waals surface area contributed by atoms with Gasteiger partial charge in [0, 0.05) is 23.7 Å². The summed E-state index contributed by atoms with van der Waals surface area (Å²) < 4.78 is 12.7. The van der Waals surface area contributed by atoms with E-state index in [1.165, 1.54) is 0 Å². The smallest absolute Gasteiger partial charge is 0.253 e. The summed E-state index contributed by atoms with van der Waals surface area (Å²) in [6, 6.07) is 7.17. The Labute approximate surface area is 178 Å². The number of benzene rings is 1. The number of hydrogen-bond donors (Lipinski definition) is 1. The zero-order valence-electron chi connectivity index (χ0n) is 17.6. The molecule has 1 aromatic carbocycles. The van der Waals surface area contributed by atoms with E-state index in [-0.39, 0.29) is 23.0 Å². The molecule has 3 fully saturated rings. The average molecular weight is 422 g/mol. The first-order valence-electron chi connectivity index (χ1n) is 10.7. The van der Waals surface area contributed by atoms with Crippen LogP contribution in [0.5, 0.6) is 0 Å². The molecule has 0 unspecified atom stereocenters. The summed E-state index contributed by atoms with van der Waals surface area (Å²) in [7, 11) is 0. The number of aliphatic hydroxyl groups excluding tert-OH is 1. The Kier molecular flexibility index (Phi) is 5.48. The summed E-state index contributed by atoms with van der Waals surface area (Å²) in [5, 5.41) is 10.8. The summed E-state index contributed by atoms with van der Waals surface area (Å²) in [5.74, 6) is 0.0520. The summed E-state index contributed by atoms with van der Waals surface area (Å²) in [5.41, 5.74) is -0.167. The molecule has 0 radical (unpaired) electrons. The van der Waals surface area contributed by atoms with Gasteiger partial charge in [0.05, 0.1) is 30.0 Å². The highest BCUT2D eigenvalue weighted by Crippen LogP contribution is 2.49. The number of aliphatic hydroxyl groups is 1. The monoisotopic (exact) mass is 421 g/mol. The predicted molar refractivity (Wildman–Crippen MR) is 112 cm³/mol. The van der Waals surface area contributed by atoms with E-state index in [1.807, 2.05) is 30.9 Å². The van der Waals surface area contributed by atoms with Gasteiger partial charge in [0.15, 0.2) is 0 Å². The lowest BCUT2D eigenvalue weighted by Crippen LogP contribution is -2.56. The third kappa shape index (κ3) is 4.07. The van der Waals surface area contributed by atoms with E-state index >= 15 is 0 Å². The van der Waals surface area contributed by atoms with Gasteiger partial charge in [-0.05, 0) is 76.5 Å². The lowest BCUT2D eigenvalue weighted by atomic mass is 9.73. The van der Waals surface area contributed by atoms with Crippen molar-refractivity contribution in [3.63, 3.8) is 0 Å². The molecular weight excluding hydrogens is 390 g/mol. The summed E-state index contributed by atoms with van der Waals surface area (Å²) >= 11 is 6.04. The van der Waals surface area contributed by atoms with Crippen LogP contribution in [0.3, 0.4) is 0 Å². The van der Waals surface area contributed by atoms with Crippen LogP contribution in [0.4, 0.5) is 0 Å². The second-order valence-electron chi connectivity index (χ2n) is 9.88. The highest BCUT2D eigenvalue weighted by Gasteiger charge is 2.53. The van der Waals surface area contributed by atoms with Crippen LogP contribution in [-0.2, 0) is 9.47 Å². The summed E-state index contributed by atoms with van der Waals surface area (Å²) in [4.78, 5) is 14.7. The quantitative estimate of drug-likeness (QED) is 0.782. The van der Waals surface area contributed by atoms with Crippen LogP contribution in [0.2, 0.25) is 5.02 Å². The topological polar surface area (TPSA) is 59.0 Å². The molecule has 3 heterocycles. The first-order valence-corrected chi connectivity index (χ1v) is 11.1. The number of amides is 1. The van der Waals surface area contributed by atoms with Crippen LogP contribution in [0, 0.1) is 5.41 Å². The fraction of sp³-hybridized carbons (Fsp3) is 0.696. The Morgan fingerprint density at radius 3 is 2.59 bits per heavy atom. The van der Waals surface area contributed by atoms with Crippen molar-refractivity contribution < 1.29 is 19.4 Å². The van der Waals surface area contributed by atoms with Gasteiger partial charge in [0.2, 0.25) is 0 Å². The van der Waals surface area contributed by atoms with Gasteiger partial charge >= 0.3 is 0 Å². The van der Waals surface area contributed by atoms with Gasteiger partial charge in [-0.25, -0.2) is 0 Å². The number of hydrogen-bond acceptors (Lipinski definition) is 4. The molecule has 3 saturated heterocycles. The highest BCUT2D eigenvalue weighted by atomic mass is 35.5. The van der Waals surface area contributed by atoms with Crippen LogP contribution in [0.15, 0.2) is 24.3 Å². The van der Waals surface area contributed by atoms with E-state index in [9.17, 15) is 9.90 Å². The number of likely N-dealkylation sites (tertiary alicyclic amines) is 1. The SMILES string of the molecule is CC1(C)O[C@@](C)([C@H]2CC3(CCN(C(=O)c4cccc(Cl)c4)CC3)CO2)CC[C@@H]1O. The molecule has 1 aromatic rings. The largest absolute Gasteiger partial charge is 0.390 e. The molecule has 4 rings (SSSR count). The minimum atomic E-state index is -0.557. The predicted octanol–water partition coefficient (Wildman–Crippen LogP) is 4.06. The number of nitrogens with zero attached hydrogens (tertiary/aromatic N) is 1. The number of rotatable bonds is 2. The van der Waals surface area contributed by atoms with Crippen LogP contribution in [0.1, 0.15) is 63.2 Å². The molecule has 1 N–H and O–H groups in total. The van der Waals surface area contributed by atoms with E-state index < -0.39 is 11.7 Å². The molecule has 160 valence electrons. The van der Waals surface area contributed by atoms with Crippen molar-refractivity contribution in [3.05, 3.63) is 34.9 Å². The standard InChI is InChI=1S/C23H32ClNO4/c1-21(2)18(26)7-8-22(3,29-21)19-14-23(15-28-19)9-11-25(12-10-23)20(27)16-5-4-6-17(24)13-16/h4-6,13,18-19,26H,7-12,14-15H2,1-3H3/t18-,19+,22+/m0/s1. The minimum Gasteiger partial charge on any atom is -0.390 e. The van der Waals surface area contributed by atoms with Crippen molar-refractivity contribution in [2.75, 3.05) is 19.7 Å². The first-order chi connectivity index (χ1) is 13.6. The molecule has 1 amide bonds. The second-order valence-corrected chi connectivity index (χ2v) is 10.3. The number of piperidine rings is 1. The fourth-order valence-corrected chi connectivity index (χ4v) is 5.43. The van der Waals surface area contributed by atoms with E-state index in [4.69, 9.17) is 21.1 Å². The van der Waals surface area contributed by atoms with Crippen LogP contribution < -0.4 is 0 Å². The normalized spacial score (nSPS) is 33.8. The zero-order chi connectivity index (χ0) is 20.9. The van der Waals surface area contributed by atoms with E-state index in [1.54, 1.807) is 12.1 Å². The van der Waals surface area contributed by atoms with Gasteiger partial charge in [0.1, 0.15) is 0 Å². The van der Waals surface area contributed by atoms with Gasteiger partial charge in [-0.1, -0.05) is 17.7 Å². The maximum absolute atomic E-state index is 12.8. The van der Waals surface area contributed by atoms with Crippen molar-refractivity contribution in [1.82, 2.24) is 4.90 Å². The zero-order valence-corrected chi connectivity index (χ0v) is 18.4. The Balaban J connectivity index is 1.38. The maximum atomic E-state index is 12.8. The van der Waals surface area contributed by atoms with Crippen molar-refractivity contribution >= 4 is 17.5 Å². The van der Waals surface area contributed by atoms with Gasteiger partial charge in [0.25, 0.3) is 5.91 Å². The minimum absolute atomic E-state index is 0.0319. The van der Waals surface area contributed by atoms with E-state index in [2.05, 4.69) is 6.92 Å². The molecular formula is C23H32ClNO4. The van der Waals surface area contributed by atoms with Gasteiger partial charge in [-0.3, -0.25) is 4.79 Å². The Morgan fingerprint density at radius 2 is 1.93 bits per heavy atom. The molecule has 6 heteroatoms.